The number of methoxy groups -OCH3 is 1. The topological polar surface area (TPSA) is 118 Å². The van der Waals surface area contributed by atoms with Crippen molar-refractivity contribution in [2.75, 3.05) is 11.8 Å². The predicted molar refractivity (Wildman–Crippen MR) is 116 cm³/mol. The van der Waals surface area contributed by atoms with Gasteiger partial charge in [0.2, 0.25) is 0 Å². The average molecular weight is 485 g/mol. The van der Waals surface area contributed by atoms with Crippen molar-refractivity contribution in [2.24, 2.45) is 0 Å². The van der Waals surface area contributed by atoms with Gasteiger partial charge in [-0.15, -0.1) is 0 Å². The van der Waals surface area contributed by atoms with Gasteiger partial charge in [-0.3, -0.25) is 9.71 Å². The highest BCUT2D eigenvalue weighted by Crippen LogP contribution is 2.39. The zero-order chi connectivity index (χ0) is 24.5. The number of nitrogens with zero attached hydrogens (tertiary/aromatic N) is 4. The summed E-state index contributed by atoms with van der Waals surface area (Å²) >= 11 is 0. The van der Waals surface area contributed by atoms with Gasteiger partial charge in [0.05, 0.1) is 28.8 Å². The number of alkyl halides is 3. The maximum atomic E-state index is 13.1. The maximum absolute atomic E-state index is 13.1. The Kier molecular flexibility index (Phi) is 5.80. The van der Waals surface area contributed by atoms with Crippen molar-refractivity contribution in [3.8, 4) is 23.1 Å². The van der Waals surface area contributed by atoms with Gasteiger partial charge in [-0.05, 0) is 36.4 Å². The molecule has 0 saturated heterocycles. The van der Waals surface area contributed by atoms with E-state index in [1.165, 1.54) is 56.2 Å². The normalized spacial score (nSPS) is 11.7. The lowest BCUT2D eigenvalue weighted by molar-refractivity contribution is -0.137. The largest absolute Gasteiger partial charge is 0.496 e. The lowest BCUT2D eigenvalue weighted by atomic mass is 9.99. The number of ether oxygens (including phenoxy) is 1. The first-order valence-corrected chi connectivity index (χ1v) is 11.0. The number of rotatable bonds is 5. The number of anilines is 1. The Morgan fingerprint density at radius 2 is 1.85 bits per heavy atom. The van der Waals surface area contributed by atoms with E-state index in [4.69, 9.17) is 4.74 Å². The van der Waals surface area contributed by atoms with Gasteiger partial charge < -0.3 is 4.74 Å². The van der Waals surface area contributed by atoms with Crippen molar-refractivity contribution < 1.29 is 26.3 Å². The third kappa shape index (κ3) is 4.33. The highest BCUT2D eigenvalue weighted by molar-refractivity contribution is 7.92. The van der Waals surface area contributed by atoms with E-state index < -0.39 is 21.8 Å². The average Bonchev–Trinajstić information content (AvgIpc) is 2.82. The van der Waals surface area contributed by atoms with Crippen molar-refractivity contribution in [3.63, 3.8) is 0 Å². The molecule has 2 aromatic heterocycles. The molecule has 172 valence electrons. The summed E-state index contributed by atoms with van der Waals surface area (Å²) in [5, 5.41) is 10.1. The van der Waals surface area contributed by atoms with Crippen LogP contribution in [0.25, 0.3) is 22.0 Å². The van der Waals surface area contributed by atoms with Crippen LogP contribution < -0.4 is 9.46 Å². The fourth-order valence-corrected chi connectivity index (χ4v) is 4.34. The summed E-state index contributed by atoms with van der Waals surface area (Å²) < 4.78 is 72.5. The molecule has 0 atom stereocenters. The van der Waals surface area contributed by atoms with Crippen molar-refractivity contribution in [2.45, 2.75) is 11.1 Å². The highest BCUT2D eigenvalue weighted by atomic mass is 32.2. The number of nitriles is 1. The Hall–Kier alpha value is -4.24. The number of pyridine rings is 1. The first-order valence-electron chi connectivity index (χ1n) is 9.51. The first-order chi connectivity index (χ1) is 16.1. The Morgan fingerprint density at radius 3 is 2.50 bits per heavy atom. The van der Waals surface area contributed by atoms with Gasteiger partial charge in [-0.2, -0.15) is 18.4 Å². The molecule has 0 amide bonds. The number of sulfonamides is 1. The molecule has 0 radical (unpaired) electrons. The zero-order valence-corrected chi connectivity index (χ0v) is 18.1. The van der Waals surface area contributed by atoms with E-state index in [1.807, 2.05) is 6.07 Å². The molecule has 0 fully saturated rings. The van der Waals surface area contributed by atoms with E-state index >= 15 is 0 Å². The van der Waals surface area contributed by atoms with E-state index in [-0.39, 0.29) is 38.7 Å². The van der Waals surface area contributed by atoms with Crippen molar-refractivity contribution in [1.29, 1.82) is 5.26 Å². The number of hydrogen-bond donors (Lipinski definition) is 1. The smallest absolute Gasteiger partial charge is 0.416 e. The molecule has 4 rings (SSSR count). The highest BCUT2D eigenvalue weighted by Gasteiger charge is 2.31. The van der Waals surface area contributed by atoms with Gasteiger partial charge in [-0.25, -0.2) is 18.4 Å². The summed E-state index contributed by atoms with van der Waals surface area (Å²) in [5.74, 6) is -0.0176. The molecule has 0 spiro atoms. The molecule has 4 aromatic rings. The molecule has 0 unspecified atom stereocenters. The number of aromatic nitrogens is 3. The fourth-order valence-electron chi connectivity index (χ4n) is 3.30. The van der Waals surface area contributed by atoms with Gasteiger partial charge in [0.1, 0.15) is 24.0 Å². The van der Waals surface area contributed by atoms with Gasteiger partial charge >= 0.3 is 6.18 Å². The van der Waals surface area contributed by atoms with Gasteiger partial charge in [0.15, 0.2) is 0 Å². The van der Waals surface area contributed by atoms with Crippen LogP contribution in [0.3, 0.4) is 0 Å². The van der Waals surface area contributed by atoms with E-state index in [2.05, 4.69) is 19.7 Å². The van der Waals surface area contributed by atoms with E-state index in [9.17, 15) is 26.9 Å². The summed E-state index contributed by atoms with van der Waals surface area (Å²) in [6.45, 7) is 0. The standard InChI is InChI=1S/C22H14F3N5O3S/c1-33-19-8-14(22(23,24)25)2-4-17(19)21-16-5-3-15(9-18(16)13(10-26)11-28-21)34(31,32)30-20-6-7-27-12-29-20/h2-9,11-12H,1H3,(H,27,29,30). The van der Waals surface area contributed by atoms with Crippen LogP contribution >= 0.6 is 0 Å². The molecule has 2 heterocycles. The molecule has 0 saturated carbocycles. The maximum Gasteiger partial charge on any atom is 0.416 e. The number of nitrogens with one attached hydrogen (secondary N) is 1. The van der Waals surface area contributed by atoms with Crippen LogP contribution in [-0.4, -0.2) is 30.5 Å². The third-order valence-corrected chi connectivity index (χ3v) is 6.25. The Bertz CT molecular complexity index is 1540. The summed E-state index contributed by atoms with van der Waals surface area (Å²) in [7, 11) is -2.83. The summed E-state index contributed by atoms with van der Waals surface area (Å²) in [6, 6.07) is 10.3. The first kappa shape index (κ1) is 22.9. The molecule has 0 aliphatic heterocycles. The van der Waals surface area contributed by atoms with Crippen LogP contribution in [0.1, 0.15) is 11.1 Å². The van der Waals surface area contributed by atoms with E-state index in [0.717, 1.165) is 12.1 Å². The molecule has 2 aromatic carbocycles. The van der Waals surface area contributed by atoms with Crippen LogP contribution in [0.15, 0.2) is 66.1 Å². The monoisotopic (exact) mass is 485 g/mol. The Morgan fingerprint density at radius 1 is 1.06 bits per heavy atom. The fraction of sp³-hybridized carbons (Fsp3) is 0.0909. The van der Waals surface area contributed by atoms with Gasteiger partial charge in [0, 0.05) is 28.7 Å². The minimum absolute atomic E-state index is 0.0560. The second-order valence-corrected chi connectivity index (χ2v) is 8.64. The van der Waals surface area contributed by atoms with Crippen molar-refractivity contribution >= 4 is 26.6 Å². The third-order valence-electron chi connectivity index (χ3n) is 4.89. The number of benzene rings is 2. The minimum atomic E-state index is -4.56. The van der Waals surface area contributed by atoms with Crippen LogP contribution in [0.4, 0.5) is 19.0 Å². The Labute approximate surface area is 191 Å². The van der Waals surface area contributed by atoms with Crippen LogP contribution in [0.5, 0.6) is 5.75 Å². The number of halogens is 3. The summed E-state index contributed by atoms with van der Waals surface area (Å²) in [5.41, 5.74) is -0.328. The quantitative estimate of drug-likeness (QED) is 0.445. The second-order valence-electron chi connectivity index (χ2n) is 6.95. The second kappa shape index (κ2) is 8.60. The molecule has 0 aliphatic rings. The molecular weight excluding hydrogens is 471 g/mol. The molecule has 8 nitrogen and oxygen atoms in total. The predicted octanol–water partition coefficient (Wildman–Crippen LogP) is 4.39. The SMILES string of the molecule is COc1cc(C(F)(F)F)ccc1-c1ncc(C#N)c2cc(S(=O)(=O)Nc3ccncn3)ccc12. The van der Waals surface area contributed by atoms with Gasteiger partial charge in [0.25, 0.3) is 10.0 Å². The van der Waals surface area contributed by atoms with E-state index in [0.29, 0.717) is 5.39 Å². The van der Waals surface area contributed by atoms with Crippen LogP contribution in [0.2, 0.25) is 0 Å². The number of hydrogen-bond acceptors (Lipinski definition) is 7. The zero-order valence-electron chi connectivity index (χ0n) is 17.3. The molecule has 0 aliphatic carbocycles. The molecular formula is C22H14F3N5O3S. The van der Waals surface area contributed by atoms with Crippen molar-refractivity contribution in [1.82, 2.24) is 15.0 Å². The Balaban J connectivity index is 1.87. The van der Waals surface area contributed by atoms with E-state index in [1.54, 1.807) is 0 Å². The molecule has 12 heteroatoms. The lowest BCUT2D eigenvalue weighted by Gasteiger charge is -2.15. The molecule has 34 heavy (non-hydrogen) atoms. The summed E-state index contributed by atoms with van der Waals surface area (Å²) in [4.78, 5) is 11.6. The lowest BCUT2D eigenvalue weighted by Crippen LogP contribution is -2.14. The minimum Gasteiger partial charge on any atom is -0.496 e. The van der Waals surface area contributed by atoms with Gasteiger partial charge in [-0.1, -0.05) is 6.07 Å². The van der Waals surface area contributed by atoms with Crippen LogP contribution in [-0.2, 0) is 16.2 Å². The summed E-state index contributed by atoms with van der Waals surface area (Å²) in [6.07, 6.45) is -0.787. The van der Waals surface area contributed by atoms with Crippen LogP contribution in [0, 0.1) is 11.3 Å². The number of fused-ring (bicyclic) bond motifs is 1. The molecule has 0 bridgehead atoms. The van der Waals surface area contributed by atoms with Crippen molar-refractivity contribution in [3.05, 3.63) is 72.3 Å². The molecule has 1 N–H and O–H groups in total.